The predicted molar refractivity (Wildman–Crippen MR) is 66.6 cm³/mol. The maximum Gasteiger partial charge on any atom is 0.410 e. The molecule has 3 aliphatic heterocycles. The number of amides is 2. The van der Waals surface area contributed by atoms with E-state index in [2.05, 4.69) is 0 Å². The zero-order valence-electron chi connectivity index (χ0n) is 11.0. The molecule has 6 heteroatoms. The summed E-state index contributed by atoms with van der Waals surface area (Å²) >= 11 is 0. The van der Waals surface area contributed by atoms with E-state index in [1.165, 1.54) is 0 Å². The van der Waals surface area contributed by atoms with Gasteiger partial charge in [-0.2, -0.15) is 0 Å². The average Bonchev–Trinajstić information content (AvgIpc) is 3.09. The van der Waals surface area contributed by atoms with Gasteiger partial charge in [0.1, 0.15) is 12.7 Å². The van der Waals surface area contributed by atoms with Gasteiger partial charge in [0.2, 0.25) is 0 Å². The van der Waals surface area contributed by atoms with E-state index in [-0.39, 0.29) is 24.1 Å². The zero-order chi connectivity index (χ0) is 13.2. The molecule has 0 aromatic rings. The van der Waals surface area contributed by atoms with Gasteiger partial charge in [-0.1, -0.05) is 0 Å². The van der Waals surface area contributed by atoms with Crippen molar-refractivity contribution in [3.8, 4) is 0 Å². The molecule has 1 unspecified atom stereocenters. The van der Waals surface area contributed by atoms with E-state index in [1.54, 1.807) is 4.90 Å². The average molecular weight is 268 g/mol. The first kappa shape index (κ1) is 12.7. The Morgan fingerprint density at radius 1 is 1.11 bits per heavy atom. The molecule has 0 spiro atoms. The molecule has 1 atom stereocenters. The van der Waals surface area contributed by atoms with Crippen LogP contribution >= 0.6 is 0 Å². The summed E-state index contributed by atoms with van der Waals surface area (Å²) in [5, 5.41) is 0. The van der Waals surface area contributed by atoms with Gasteiger partial charge < -0.3 is 19.3 Å². The summed E-state index contributed by atoms with van der Waals surface area (Å²) in [6, 6.07) is 0.226. The lowest BCUT2D eigenvalue weighted by molar-refractivity contribution is -0.142. The Morgan fingerprint density at radius 2 is 1.89 bits per heavy atom. The fourth-order valence-corrected chi connectivity index (χ4v) is 3.11. The van der Waals surface area contributed by atoms with Crippen LogP contribution in [0.25, 0.3) is 0 Å². The third kappa shape index (κ3) is 2.54. The summed E-state index contributed by atoms with van der Waals surface area (Å²) in [6.45, 7) is 3.31. The Hall–Kier alpha value is -1.30. The van der Waals surface area contributed by atoms with Crippen molar-refractivity contribution >= 4 is 12.0 Å². The molecule has 3 saturated heterocycles. The minimum atomic E-state index is -0.228. The molecule has 0 N–H and O–H groups in total. The second-order valence-electron chi connectivity index (χ2n) is 5.37. The minimum absolute atomic E-state index is 0.125. The normalized spacial score (nSPS) is 28.8. The molecule has 2 amide bonds. The summed E-state index contributed by atoms with van der Waals surface area (Å²) in [7, 11) is 0. The van der Waals surface area contributed by atoms with Gasteiger partial charge in [0, 0.05) is 25.7 Å². The monoisotopic (exact) mass is 268 g/mol. The fraction of sp³-hybridized carbons (Fsp3) is 0.846. The number of hydrogen-bond donors (Lipinski definition) is 0. The second kappa shape index (κ2) is 5.36. The SMILES string of the molecule is O=C(C1CCCO1)N1CCC(N2CCOC2=O)CC1. The number of nitrogens with zero attached hydrogens (tertiary/aromatic N) is 2. The maximum absolute atomic E-state index is 12.2. The molecule has 19 heavy (non-hydrogen) atoms. The van der Waals surface area contributed by atoms with E-state index < -0.39 is 0 Å². The quantitative estimate of drug-likeness (QED) is 0.736. The van der Waals surface area contributed by atoms with Crippen molar-refractivity contribution in [2.45, 2.75) is 37.8 Å². The molecule has 0 aromatic heterocycles. The van der Waals surface area contributed by atoms with Gasteiger partial charge in [0.15, 0.2) is 0 Å². The predicted octanol–water partition coefficient (Wildman–Crippen LogP) is 0.609. The molecule has 0 bridgehead atoms. The lowest BCUT2D eigenvalue weighted by atomic mass is 10.0. The lowest BCUT2D eigenvalue weighted by Gasteiger charge is -2.36. The van der Waals surface area contributed by atoms with E-state index in [9.17, 15) is 9.59 Å². The minimum Gasteiger partial charge on any atom is -0.448 e. The molecule has 6 nitrogen and oxygen atoms in total. The van der Waals surface area contributed by atoms with Gasteiger partial charge in [-0.25, -0.2) is 4.79 Å². The highest BCUT2D eigenvalue weighted by Gasteiger charge is 2.35. The molecule has 0 saturated carbocycles. The smallest absolute Gasteiger partial charge is 0.410 e. The van der Waals surface area contributed by atoms with Crippen molar-refractivity contribution in [3.05, 3.63) is 0 Å². The first-order chi connectivity index (χ1) is 9.25. The van der Waals surface area contributed by atoms with E-state index >= 15 is 0 Å². The van der Waals surface area contributed by atoms with Crippen LogP contribution in [-0.4, -0.2) is 66.8 Å². The first-order valence-electron chi connectivity index (χ1n) is 7.09. The van der Waals surface area contributed by atoms with Crippen LogP contribution in [0.3, 0.4) is 0 Å². The Balaban J connectivity index is 1.51. The van der Waals surface area contributed by atoms with E-state index in [0.29, 0.717) is 32.8 Å². The van der Waals surface area contributed by atoms with Crippen LogP contribution in [0, 0.1) is 0 Å². The van der Waals surface area contributed by atoms with E-state index in [0.717, 1.165) is 25.7 Å². The van der Waals surface area contributed by atoms with Crippen LogP contribution in [0.2, 0.25) is 0 Å². The third-order valence-electron chi connectivity index (χ3n) is 4.21. The van der Waals surface area contributed by atoms with Gasteiger partial charge in [-0.05, 0) is 25.7 Å². The number of likely N-dealkylation sites (tertiary alicyclic amines) is 1. The van der Waals surface area contributed by atoms with E-state index in [4.69, 9.17) is 9.47 Å². The Morgan fingerprint density at radius 3 is 2.47 bits per heavy atom. The molecule has 3 rings (SSSR count). The standard InChI is InChI=1S/C13H20N2O4/c16-12(11-2-1-8-18-11)14-5-3-10(4-6-14)15-7-9-19-13(15)17/h10-11H,1-9H2. The highest BCUT2D eigenvalue weighted by Crippen LogP contribution is 2.22. The molecule has 0 aliphatic carbocycles. The molecular formula is C13H20N2O4. The van der Waals surface area contributed by atoms with Crippen LogP contribution in [0.5, 0.6) is 0 Å². The van der Waals surface area contributed by atoms with Crippen molar-refractivity contribution in [2.24, 2.45) is 0 Å². The third-order valence-corrected chi connectivity index (χ3v) is 4.21. The summed E-state index contributed by atoms with van der Waals surface area (Å²) in [6.07, 6.45) is 3.07. The number of carbonyl (C=O) groups excluding carboxylic acids is 2. The lowest BCUT2D eigenvalue weighted by Crippen LogP contribution is -2.49. The van der Waals surface area contributed by atoms with Crippen molar-refractivity contribution in [3.63, 3.8) is 0 Å². The molecular weight excluding hydrogens is 248 g/mol. The summed E-state index contributed by atoms with van der Waals surface area (Å²) < 4.78 is 10.4. The molecule has 106 valence electrons. The van der Waals surface area contributed by atoms with Gasteiger partial charge in [-0.3, -0.25) is 4.79 Å². The largest absolute Gasteiger partial charge is 0.448 e. The highest BCUT2D eigenvalue weighted by molar-refractivity contribution is 5.81. The van der Waals surface area contributed by atoms with Crippen LogP contribution in [0.15, 0.2) is 0 Å². The molecule has 0 aromatic carbocycles. The van der Waals surface area contributed by atoms with Crippen molar-refractivity contribution < 1.29 is 19.1 Å². The number of cyclic esters (lactones) is 1. The van der Waals surface area contributed by atoms with Crippen molar-refractivity contribution in [1.82, 2.24) is 9.80 Å². The number of carbonyl (C=O) groups is 2. The molecule has 3 aliphatic rings. The highest BCUT2D eigenvalue weighted by atomic mass is 16.6. The number of rotatable bonds is 2. The van der Waals surface area contributed by atoms with Crippen molar-refractivity contribution in [1.29, 1.82) is 0 Å². The molecule has 0 radical (unpaired) electrons. The number of hydrogen-bond acceptors (Lipinski definition) is 4. The van der Waals surface area contributed by atoms with E-state index in [1.807, 2.05) is 4.90 Å². The summed E-state index contributed by atoms with van der Waals surface area (Å²) in [4.78, 5) is 27.4. The Kier molecular flexibility index (Phi) is 3.59. The van der Waals surface area contributed by atoms with Gasteiger partial charge in [0.25, 0.3) is 5.91 Å². The summed E-state index contributed by atoms with van der Waals surface area (Å²) in [5.41, 5.74) is 0. The van der Waals surface area contributed by atoms with Crippen LogP contribution in [0.4, 0.5) is 4.79 Å². The van der Waals surface area contributed by atoms with Crippen LogP contribution in [0.1, 0.15) is 25.7 Å². The second-order valence-corrected chi connectivity index (χ2v) is 5.37. The topological polar surface area (TPSA) is 59.1 Å². The van der Waals surface area contributed by atoms with Gasteiger partial charge in [0.05, 0.1) is 6.54 Å². The van der Waals surface area contributed by atoms with Gasteiger partial charge in [-0.15, -0.1) is 0 Å². The molecule has 3 heterocycles. The Bertz CT molecular complexity index is 360. The maximum atomic E-state index is 12.2. The number of piperidine rings is 1. The first-order valence-corrected chi connectivity index (χ1v) is 7.09. The van der Waals surface area contributed by atoms with Crippen molar-refractivity contribution in [2.75, 3.05) is 32.8 Å². The van der Waals surface area contributed by atoms with Crippen LogP contribution in [-0.2, 0) is 14.3 Å². The Labute approximate surface area is 112 Å². The zero-order valence-corrected chi connectivity index (χ0v) is 11.0. The van der Waals surface area contributed by atoms with Gasteiger partial charge >= 0.3 is 6.09 Å². The molecule has 3 fully saturated rings. The fourth-order valence-electron chi connectivity index (χ4n) is 3.11. The number of ether oxygens (including phenoxy) is 2. The van der Waals surface area contributed by atoms with Crippen LogP contribution < -0.4 is 0 Å². The summed E-state index contributed by atoms with van der Waals surface area (Å²) in [5.74, 6) is 0.125.